The first-order chi connectivity index (χ1) is 11.3. The molecule has 2 aliphatic rings. The molecular weight excluding hydrogens is 288 g/mol. The van der Waals surface area contributed by atoms with Gasteiger partial charge in [0.15, 0.2) is 5.69 Å². The third-order valence-corrected chi connectivity index (χ3v) is 4.78. The number of fused-ring (bicyclic) bond motifs is 1. The first kappa shape index (κ1) is 14.5. The number of benzene rings is 1. The number of nitrogens with one attached hydrogen (secondary N) is 2. The molecule has 1 aliphatic heterocycles. The van der Waals surface area contributed by atoms with E-state index < -0.39 is 0 Å². The predicted octanol–water partition coefficient (Wildman–Crippen LogP) is 1.84. The number of aromatic nitrogens is 2. The van der Waals surface area contributed by atoms with E-state index in [0.717, 1.165) is 56.4 Å². The molecule has 1 saturated heterocycles. The van der Waals surface area contributed by atoms with Crippen molar-refractivity contribution in [3.05, 3.63) is 47.3 Å². The molecule has 1 unspecified atom stereocenters. The summed E-state index contributed by atoms with van der Waals surface area (Å²) in [6.45, 7) is 1.90. The fraction of sp³-hybridized carbons (Fsp3) is 0.444. The zero-order chi connectivity index (χ0) is 15.6. The number of rotatable bonds is 3. The normalized spacial score (nSPS) is 20.3. The minimum Gasteiger partial charge on any atom is -0.347 e. The molecule has 23 heavy (non-hydrogen) atoms. The number of hydrogen-bond acceptors (Lipinski definition) is 3. The Balaban J connectivity index is 1.63. The highest BCUT2D eigenvalue weighted by Crippen LogP contribution is 2.27. The average Bonchev–Trinajstić information content (AvgIpc) is 3.18. The molecule has 1 aliphatic carbocycles. The Labute approximate surface area is 136 Å². The molecule has 2 aromatic rings. The predicted molar refractivity (Wildman–Crippen MR) is 88.9 cm³/mol. The molecule has 1 aromatic carbocycles. The summed E-state index contributed by atoms with van der Waals surface area (Å²) in [5.74, 6) is -0.0217. The molecule has 120 valence electrons. The highest BCUT2D eigenvalue weighted by atomic mass is 16.2. The molecule has 0 bridgehead atoms. The van der Waals surface area contributed by atoms with Gasteiger partial charge in [-0.3, -0.25) is 4.79 Å². The highest BCUT2D eigenvalue weighted by molar-refractivity contribution is 5.94. The molecule has 0 saturated carbocycles. The lowest BCUT2D eigenvalue weighted by Crippen LogP contribution is -2.45. The number of carbonyl (C=O) groups is 1. The lowest BCUT2D eigenvalue weighted by atomic mass is 10.1. The summed E-state index contributed by atoms with van der Waals surface area (Å²) in [5, 5.41) is 11.1. The second-order valence-corrected chi connectivity index (χ2v) is 6.39. The number of nitrogens with zero attached hydrogens (tertiary/aromatic N) is 2. The number of para-hydroxylation sites is 1. The standard InChI is InChI=1S/C18H22N4O/c23-18(20-13-6-5-11-19-12-13)17-15-9-4-10-16(15)22(21-17)14-7-2-1-3-8-14/h1-3,7-8,13,19H,4-6,9-12H2,(H,20,23). The fourth-order valence-electron chi connectivity index (χ4n) is 3.63. The van der Waals surface area contributed by atoms with Crippen molar-refractivity contribution in [3.8, 4) is 5.69 Å². The lowest BCUT2D eigenvalue weighted by Gasteiger charge is -2.23. The van der Waals surface area contributed by atoms with Crippen LogP contribution in [-0.2, 0) is 12.8 Å². The Morgan fingerprint density at radius 3 is 2.87 bits per heavy atom. The van der Waals surface area contributed by atoms with Crippen molar-refractivity contribution in [2.75, 3.05) is 13.1 Å². The van der Waals surface area contributed by atoms with Crippen molar-refractivity contribution in [2.24, 2.45) is 0 Å². The zero-order valence-corrected chi connectivity index (χ0v) is 13.2. The van der Waals surface area contributed by atoms with Crippen molar-refractivity contribution < 1.29 is 4.79 Å². The van der Waals surface area contributed by atoms with Crippen LogP contribution in [0, 0.1) is 0 Å². The second kappa shape index (κ2) is 6.16. The van der Waals surface area contributed by atoms with Crippen LogP contribution in [0.1, 0.15) is 41.0 Å². The molecule has 0 radical (unpaired) electrons. The van der Waals surface area contributed by atoms with Crippen LogP contribution >= 0.6 is 0 Å². The van der Waals surface area contributed by atoms with E-state index in [4.69, 9.17) is 0 Å². The molecule has 4 rings (SSSR count). The minimum atomic E-state index is -0.0217. The van der Waals surface area contributed by atoms with Gasteiger partial charge >= 0.3 is 0 Å². The van der Waals surface area contributed by atoms with Gasteiger partial charge in [0.2, 0.25) is 0 Å². The fourth-order valence-corrected chi connectivity index (χ4v) is 3.63. The molecule has 5 nitrogen and oxygen atoms in total. The van der Waals surface area contributed by atoms with Crippen molar-refractivity contribution in [1.82, 2.24) is 20.4 Å². The maximum Gasteiger partial charge on any atom is 0.272 e. The van der Waals surface area contributed by atoms with Gasteiger partial charge in [-0.25, -0.2) is 4.68 Å². The SMILES string of the molecule is O=C(NC1CCCNC1)c1nn(-c2ccccc2)c2c1CCC2. The molecule has 0 spiro atoms. The van der Waals surface area contributed by atoms with Gasteiger partial charge < -0.3 is 10.6 Å². The molecule has 1 amide bonds. The van der Waals surface area contributed by atoms with Crippen LogP contribution in [0.15, 0.2) is 30.3 Å². The number of hydrogen-bond donors (Lipinski definition) is 2. The smallest absolute Gasteiger partial charge is 0.272 e. The maximum atomic E-state index is 12.7. The Kier molecular flexibility index (Phi) is 3.87. The first-order valence-corrected chi connectivity index (χ1v) is 8.51. The third kappa shape index (κ3) is 2.77. The van der Waals surface area contributed by atoms with Crippen LogP contribution in [0.3, 0.4) is 0 Å². The van der Waals surface area contributed by atoms with Gasteiger partial charge in [0.1, 0.15) is 0 Å². The van der Waals surface area contributed by atoms with E-state index >= 15 is 0 Å². The highest BCUT2D eigenvalue weighted by Gasteiger charge is 2.28. The summed E-state index contributed by atoms with van der Waals surface area (Å²) >= 11 is 0. The lowest BCUT2D eigenvalue weighted by molar-refractivity contribution is 0.0924. The van der Waals surface area contributed by atoms with Gasteiger partial charge in [-0.1, -0.05) is 18.2 Å². The van der Waals surface area contributed by atoms with Crippen molar-refractivity contribution in [2.45, 2.75) is 38.1 Å². The van der Waals surface area contributed by atoms with Crippen molar-refractivity contribution in [1.29, 1.82) is 0 Å². The summed E-state index contributed by atoms with van der Waals surface area (Å²) in [5.41, 5.74) is 3.98. The molecular formula is C18H22N4O. The van der Waals surface area contributed by atoms with Crippen LogP contribution in [0.5, 0.6) is 0 Å². The van der Waals surface area contributed by atoms with Gasteiger partial charge in [-0.05, 0) is 50.8 Å². The summed E-state index contributed by atoms with van der Waals surface area (Å²) in [6.07, 6.45) is 5.20. The van der Waals surface area contributed by atoms with E-state index in [1.807, 2.05) is 35.0 Å². The van der Waals surface area contributed by atoms with Crippen LogP contribution in [0.25, 0.3) is 5.69 Å². The van der Waals surface area contributed by atoms with Gasteiger partial charge in [-0.15, -0.1) is 0 Å². The Morgan fingerprint density at radius 2 is 2.09 bits per heavy atom. The first-order valence-electron chi connectivity index (χ1n) is 8.51. The van der Waals surface area contributed by atoms with Gasteiger partial charge in [0.05, 0.1) is 5.69 Å². The largest absolute Gasteiger partial charge is 0.347 e. The second-order valence-electron chi connectivity index (χ2n) is 6.39. The molecule has 5 heteroatoms. The quantitative estimate of drug-likeness (QED) is 0.909. The Bertz CT molecular complexity index is 701. The molecule has 1 fully saturated rings. The average molecular weight is 310 g/mol. The van der Waals surface area contributed by atoms with Crippen LogP contribution in [-0.4, -0.2) is 34.8 Å². The molecule has 1 atom stereocenters. The number of carbonyl (C=O) groups excluding carboxylic acids is 1. The maximum absolute atomic E-state index is 12.7. The number of amides is 1. The van der Waals surface area contributed by atoms with Crippen molar-refractivity contribution in [3.63, 3.8) is 0 Å². The summed E-state index contributed by atoms with van der Waals surface area (Å²) in [4.78, 5) is 12.7. The summed E-state index contributed by atoms with van der Waals surface area (Å²) in [6, 6.07) is 10.3. The van der Waals surface area contributed by atoms with E-state index in [-0.39, 0.29) is 11.9 Å². The van der Waals surface area contributed by atoms with Gasteiger partial charge in [0, 0.05) is 23.8 Å². The molecule has 2 N–H and O–H groups in total. The topological polar surface area (TPSA) is 59.0 Å². The van der Waals surface area contributed by atoms with E-state index in [1.54, 1.807) is 0 Å². The van der Waals surface area contributed by atoms with Gasteiger partial charge in [0.25, 0.3) is 5.91 Å². The summed E-state index contributed by atoms with van der Waals surface area (Å²) < 4.78 is 1.95. The number of piperidine rings is 1. The van der Waals surface area contributed by atoms with Crippen LogP contribution in [0.2, 0.25) is 0 Å². The van der Waals surface area contributed by atoms with Crippen LogP contribution in [0.4, 0.5) is 0 Å². The molecule has 2 heterocycles. The monoisotopic (exact) mass is 310 g/mol. The Morgan fingerprint density at radius 1 is 1.22 bits per heavy atom. The van der Waals surface area contributed by atoms with E-state index in [9.17, 15) is 4.79 Å². The third-order valence-electron chi connectivity index (χ3n) is 4.78. The minimum absolute atomic E-state index is 0.0217. The van der Waals surface area contributed by atoms with Crippen molar-refractivity contribution >= 4 is 5.91 Å². The zero-order valence-electron chi connectivity index (χ0n) is 13.2. The summed E-state index contributed by atoms with van der Waals surface area (Å²) in [7, 11) is 0. The Hall–Kier alpha value is -2.14. The van der Waals surface area contributed by atoms with Crippen LogP contribution < -0.4 is 10.6 Å². The van der Waals surface area contributed by atoms with E-state index in [0.29, 0.717) is 5.69 Å². The van der Waals surface area contributed by atoms with E-state index in [2.05, 4.69) is 15.7 Å². The van der Waals surface area contributed by atoms with E-state index in [1.165, 1.54) is 5.69 Å². The molecule has 1 aromatic heterocycles. The van der Waals surface area contributed by atoms with Gasteiger partial charge in [-0.2, -0.15) is 5.10 Å².